The number of rotatable bonds is 20. The predicted molar refractivity (Wildman–Crippen MR) is 252 cm³/mol. The number of halogens is 1. The summed E-state index contributed by atoms with van der Waals surface area (Å²) >= 11 is 0. The number of aliphatic hydroxyl groups is 1. The first-order valence-corrected chi connectivity index (χ1v) is 23.5. The number of imidazole rings is 1. The van der Waals surface area contributed by atoms with Crippen molar-refractivity contribution in [2.45, 2.75) is 83.2 Å². The molecule has 0 radical (unpaired) electrons. The maximum atomic E-state index is 14.3. The second-order valence-corrected chi connectivity index (χ2v) is 17.6. The summed E-state index contributed by atoms with van der Waals surface area (Å²) in [7, 11) is 3.46. The van der Waals surface area contributed by atoms with Crippen LogP contribution in [0.25, 0.3) is 16.8 Å². The number of anilines is 5. The lowest BCUT2D eigenvalue weighted by Crippen LogP contribution is -2.47. The second kappa shape index (κ2) is 20.7. The maximum absolute atomic E-state index is 14.3. The smallest absolute Gasteiger partial charge is 0.256 e. The van der Waals surface area contributed by atoms with Gasteiger partial charge in [-0.25, -0.2) is 19.3 Å². The fourth-order valence-electron chi connectivity index (χ4n) is 9.28. The van der Waals surface area contributed by atoms with Gasteiger partial charge in [-0.2, -0.15) is 19.6 Å². The summed E-state index contributed by atoms with van der Waals surface area (Å²) in [6.07, 6.45) is 13.1. The van der Waals surface area contributed by atoms with Crippen LogP contribution in [-0.4, -0.2) is 161 Å². The topological polar surface area (TPSA) is 206 Å². The van der Waals surface area contributed by atoms with Crippen LogP contribution in [0.3, 0.4) is 0 Å². The SMILES string of the molecule is CCc1cnn2c(NCc3ccc(OCCCN4CCN(CCCn5cc(Nc6nc(N7C[C@@H](N)[C@H](F)C7)nc7c6ncn7C)c(OC)n5)CC4)nc3)cc(N3CCCC[C@H]3CCO)nc12. The van der Waals surface area contributed by atoms with Crippen LogP contribution in [0.2, 0.25) is 0 Å². The van der Waals surface area contributed by atoms with E-state index in [2.05, 4.69) is 69.5 Å². The molecule has 0 unspecified atom stereocenters. The van der Waals surface area contributed by atoms with E-state index in [1.165, 1.54) is 6.42 Å². The number of hydrogen-bond donors (Lipinski definition) is 4. The molecule has 6 aromatic heterocycles. The first-order valence-electron chi connectivity index (χ1n) is 23.5. The molecule has 3 fully saturated rings. The summed E-state index contributed by atoms with van der Waals surface area (Å²) in [6, 6.07) is 5.79. The average molecular weight is 910 g/mol. The van der Waals surface area contributed by atoms with Gasteiger partial charge >= 0.3 is 0 Å². The average Bonchev–Trinajstić information content (AvgIpc) is 4.13. The zero-order chi connectivity index (χ0) is 45.6. The summed E-state index contributed by atoms with van der Waals surface area (Å²) in [5.74, 6) is 3.78. The van der Waals surface area contributed by atoms with Crippen molar-refractivity contribution in [2.24, 2.45) is 12.8 Å². The Morgan fingerprint density at radius 1 is 0.955 bits per heavy atom. The van der Waals surface area contributed by atoms with E-state index in [0.717, 1.165) is 119 Å². The number of ether oxygens (including phenoxy) is 2. The lowest BCUT2D eigenvalue weighted by molar-refractivity contribution is 0.123. The Morgan fingerprint density at radius 3 is 2.53 bits per heavy atom. The molecule has 0 spiro atoms. The fraction of sp³-hybridized carbons (Fsp3) is 0.578. The number of methoxy groups -OCH3 is 1. The number of piperazine rings is 1. The first-order chi connectivity index (χ1) is 32.3. The first kappa shape index (κ1) is 45.3. The molecule has 3 saturated heterocycles. The van der Waals surface area contributed by atoms with Crippen LogP contribution in [0.4, 0.5) is 33.5 Å². The van der Waals surface area contributed by atoms with E-state index < -0.39 is 12.2 Å². The molecule has 3 atom stereocenters. The fourth-order valence-corrected chi connectivity index (χ4v) is 9.28. The van der Waals surface area contributed by atoms with E-state index in [9.17, 15) is 9.50 Å². The van der Waals surface area contributed by atoms with Crippen LogP contribution in [0.1, 0.15) is 56.6 Å². The van der Waals surface area contributed by atoms with Gasteiger partial charge in [0.15, 0.2) is 22.6 Å². The number of nitrogens with one attached hydrogen (secondary N) is 2. The van der Waals surface area contributed by atoms with Gasteiger partial charge in [0.2, 0.25) is 11.8 Å². The van der Waals surface area contributed by atoms with E-state index in [1.807, 2.05) is 45.5 Å². The van der Waals surface area contributed by atoms with Gasteiger partial charge in [-0.1, -0.05) is 13.0 Å². The Bertz CT molecular complexity index is 2510. The molecular weight excluding hydrogens is 846 g/mol. The van der Waals surface area contributed by atoms with E-state index in [4.69, 9.17) is 25.2 Å². The summed E-state index contributed by atoms with van der Waals surface area (Å²) in [4.78, 5) is 32.7. The minimum atomic E-state index is -1.14. The third-order valence-corrected chi connectivity index (χ3v) is 13.1. The largest absolute Gasteiger partial charge is 0.478 e. The highest BCUT2D eigenvalue weighted by Crippen LogP contribution is 2.32. The Balaban J connectivity index is 0.699. The molecule has 0 bridgehead atoms. The summed E-state index contributed by atoms with van der Waals surface area (Å²) < 4.78 is 31.6. The highest BCUT2D eigenvalue weighted by atomic mass is 19.1. The maximum Gasteiger partial charge on any atom is 0.256 e. The molecule has 0 aliphatic carbocycles. The van der Waals surface area contributed by atoms with Crippen molar-refractivity contribution in [3.63, 3.8) is 0 Å². The molecule has 21 heteroatoms. The number of aromatic nitrogens is 10. The third kappa shape index (κ3) is 10.2. The van der Waals surface area contributed by atoms with Crippen molar-refractivity contribution in [3.8, 4) is 11.8 Å². The molecule has 0 amide bonds. The summed E-state index contributed by atoms with van der Waals surface area (Å²) in [5.41, 5.74) is 10.9. The molecule has 0 saturated carbocycles. The zero-order valence-corrected chi connectivity index (χ0v) is 38.4. The van der Waals surface area contributed by atoms with Crippen LogP contribution in [0, 0.1) is 0 Å². The van der Waals surface area contributed by atoms with Crippen LogP contribution < -0.4 is 35.6 Å². The third-order valence-electron chi connectivity index (χ3n) is 13.1. The van der Waals surface area contributed by atoms with Crippen LogP contribution in [0.15, 0.2) is 43.1 Å². The molecular formula is C45H64FN17O3. The Morgan fingerprint density at radius 2 is 1.79 bits per heavy atom. The van der Waals surface area contributed by atoms with E-state index >= 15 is 0 Å². The molecule has 3 aliphatic rings. The van der Waals surface area contributed by atoms with Crippen molar-refractivity contribution >= 4 is 45.9 Å². The Labute approximate surface area is 384 Å². The van der Waals surface area contributed by atoms with Crippen LogP contribution in [0.5, 0.6) is 11.8 Å². The van der Waals surface area contributed by atoms with E-state index in [-0.39, 0.29) is 19.2 Å². The van der Waals surface area contributed by atoms with E-state index in [1.54, 1.807) is 18.3 Å². The Hall–Kier alpha value is -5.90. The standard InChI is InChI=1S/C45H64FN17O3/c1-4-32-26-51-63-37(23-38(53-42(32)63)62-16-6-5-9-33(62)12-21-64)48-24-31-10-11-39(49-25-31)66-22-8-14-59-19-17-58(18-20-59)13-7-15-61-29-36(44(56-61)65-3)52-41-40-43(57(2)30-50-40)55-45(54-41)60-27-34(46)35(47)28-60/h10-11,23,25-26,29-30,33-35,48,64H,4-9,12-22,24,27-28,47H2,1-3H3,(H,52,54,55)/t33-,34+,35+/m0/s1. The monoisotopic (exact) mass is 910 g/mol. The number of alkyl halides is 1. The Kier molecular flexibility index (Phi) is 14.2. The molecule has 66 heavy (non-hydrogen) atoms. The number of fused-ring (bicyclic) bond motifs is 2. The molecule has 5 N–H and O–H groups in total. The van der Waals surface area contributed by atoms with Gasteiger partial charge in [0, 0.05) is 102 Å². The number of hydrogen-bond acceptors (Lipinski definition) is 17. The van der Waals surface area contributed by atoms with Crippen LogP contribution >= 0.6 is 0 Å². The van der Waals surface area contributed by atoms with Gasteiger partial charge in [-0.3, -0.25) is 4.68 Å². The number of aryl methyl sites for hydroxylation is 3. The second-order valence-electron chi connectivity index (χ2n) is 17.6. The van der Waals surface area contributed by atoms with Crippen molar-refractivity contribution in [1.82, 2.24) is 58.7 Å². The lowest BCUT2D eigenvalue weighted by atomic mass is 9.99. The van der Waals surface area contributed by atoms with E-state index in [0.29, 0.717) is 60.1 Å². The highest BCUT2D eigenvalue weighted by Gasteiger charge is 2.33. The van der Waals surface area contributed by atoms with Crippen LogP contribution in [-0.2, 0) is 26.6 Å². The normalized spacial score (nSPS) is 19.6. The number of pyridine rings is 1. The number of aliphatic hydroxyl groups excluding tert-OH is 1. The van der Waals surface area contributed by atoms with Gasteiger partial charge in [-0.05, 0) is 57.1 Å². The number of nitrogens with zero attached hydrogens (tertiary/aromatic N) is 14. The number of nitrogens with two attached hydrogens (primary N) is 1. The minimum Gasteiger partial charge on any atom is -0.478 e. The predicted octanol–water partition coefficient (Wildman–Crippen LogP) is 3.63. The van der Waals surface area contributed by atoms with Gasteiger partial charge in [0.25, 0.3) is 5.88 Å². The molecule has 6 aromatic rings. The molecule has 3 aliphatic heterocycles. The molecule has 354 valence electrons. The molecule has 0 aromatic carbocycles. The lowest BCUT2D eigenvalue weighted by Gasteiger charge is -2.36. The molecule has 9 rings (SSSR count). The van der Waals surface area contributed by atoms with Crippen molar-refractivity contribution in [3.05, 3.63) is 54.2 Å². The number of piperidine rings is 1. The minimum absolute atomic E-state index is 0.143. The van der Waals surface area contributed by atoms with Crippen molar-refractivity contribution in [2.75, 3.05) is 99.7 Å². The van der Waals surface area contributed by atoms with Gasteiger partial charge in [0.1, 0.15) is 23.5 Å². The quantitative estimate of drug-likeness (QED) is 0.0808. The summed E-state index contributed by atoms with van der Waals surface area (Å²) in [5, 5.41) is 26.0. The van der Waals surface area contributed by atoms with Gasteiger partial charge < -0.3 is 55.1 Å². The summed E-state index contributed by atoms with van der Waals surface area (Å²) in [6.45, 7) is 11.7. The van der Waals surface area contributed by atoms with Crippen molar-refractivity contribution < 1.29 is 19.0 Å². The molecule has 20 nitrogen and oxygen atoms in total. The molecule has 9 heterocycles. The van der Waals surface area contributed by atoms with Crippen molar-refractivity contribution in [1.29, 1.82) is 0 Å². The van der Waals surface area contributed by atoms with Gasteiger partial charge in [0.05, 0.1) is 45.0 Å². The zero-order valence-electron chi connectivity index (χ0n) is 38.4. The highest BCUT2D eigenvalue weighted by molar-refractivity contribution is 5.87. The van der Waals surface area contributed by atoms with Gasteiger partial charge in [-0.15, -0.1) is 5.10 Å².